The molecule has 106 valence electrons. The Morgan fingerprint density at radius 1 is 1.21 bits per heavy atom. The van der Waals surface area contributed by atoms with Crippen LogP contribution in [0, 0.1) is 0 Å². The van der Waals surface area contributed by atoms with Gasteiger partial charge in [-0.25, -0.2) is 8.78 Å². The van der Waals surface area contributed by atoms with Crippen molar-refractivity contribution in [3.63, 3.8) is 0 Å². The lowest BCUT2D eigenvalue weighted by Gasteiger charge is -2.47. The second-order valence-corrected chi connectivity index (χ2v) is 4.77. The fourth-order valence-electron chi connectivity index (χ4n) is 2.43. The molecule has 0 aromatic heterocycles. The van der Waals surface area contributed by atoms with Crippen molar-refractivity contribution in [1.29, 1.82) is 0 Å². The summed E-state index contributed by atoms with van der Waals surface area (Å²) < 4.78 is 66.1. The van der Waals surface area contributed by atoms with Crippen LogP contribution in [-0.4, -0.2) is 18.8 Å². The van der Waals surface area contributed by atoms with E-state index in [0.29, 0.717) is 5.56 Å². The molecule has 7 heteroatoms. The monoisotopic (exact) mass is 281 g/mol. The highest BCUT2D eigenvalue weighted by Gasteiger charge is 2.56. The van der Waals surface area contributed by atoms with Crippen LogP contribution in [0.15, 0.2) is 24.3 Å². The van der Waals surface area contributed by atoms with Crippen LogP contribution in [0.5, 0.6) is 5.75 Å². The van der Waals surface area contributed by atoms with E-state index >= 15 is 0 Å². The quantitative estimate of drug-likeness (QED) is 0.863. The lowest BCUT2D eigenvalue weighted by molar-refractivity contribution is -0.274. The van der Waals surface area contributed by atoms with Gasteiger partial charge in [0.1, 0.15) is 5.75 Å². The Morgan fingerprint density at radius 2 is 1.84 bits per heavy atom. The van der Waals surface area contributed by atoms with Crippen molar-refractivity contribution >= 4 is 0 Å². The van der Waals surface area contributed by atoms with Crippen molar-refractivity contribution in [2.24, 2.45) is 5.73 Å². The average molecular weight is 281 g/mol. The van der Waals surface area contributed by atoms with E-state index in [2.05, 4.69) is 4.74 Å². The first-order valence-electron chi connectivity index (χ1n) is 5.60. The second kappa shape index (κ2) is 4.33. The molecule has 1 saturated carbocycles. The molecular weight excluding hydrogens is 269 g/mol. The molecular formula is C12H12F5NO. The number of rotatable bonds is 3. The summed E-state index contributed by atoms with van der Waals surface area (Å²) >= 11 is 0. The topological polar surface area (TPSA) is 35.2 Å². The molecule has 2 nitrogen and oxygen atoms in total. The van der Waals surface area contributed by atoms with E-state index in [1.807, 2.05) is 0 Å². The number of benzene rings is 1. The van der Waals surface area contributed by atoms with Crippen molar-refractivity contribution in [3.05, 3.63) is 29.8 Å². The minimum Gasteiger partial charge on any atom is -0.406 e. The molecule has 1 aliphatic rings. The molecule has 2 rings (SSSR count). The first-order valence-corrected chi connectivity index (χ1v) is 5.60. The fourth-order valence-corrected chi connectivity index (χ4v) is 2.43. The van der Waals surface area contributed by atoms with Crippen molar-refractivity contribution in [2.45, 2.75) is 30.5 Å². The summed E-state index contributed by atoms with van der Waals surface area (Å²) in [5.41, 5.74) is 4.89. The van der Waals surface area contributed by atoms with Crippen LogP contribution in [0.4, 0.5) is 22.0 Å². The van der Waals surface area contributed by atoms with Gasteiger partial charge in [-0.3, -0.25) is 0 Å². The first-order chi connectivity index (χ1) is 8.66. The lowest BCUT2D eigenvalue weighted by atomic mass is 9.62. The van der Waals surface area contributed by atoms with Gasteiger partial charge in [-0.15, -0.1) is 13.2 Å². The Labute approximate surface area is 106 Å². The predicted octanol–water partition coefficient (Wildman–Crippen LogP) is 3.21. The Hall–Kier alpha value is -1.37. The molecule has 19 heavy (non-hydrogen) atoms. The van der Waals surface area contributed by atoms with Gasteiger partial charge in [-0.05, 0) is 17.7 Å². The first kappa shape index (κ1) is 14.0. The largest absolute Gasteiger partial charge is 0.573 e. The summed E-state index contributed by atoms with van der Waals surface area (Å²) in [5, 5.41) is 0. The molecule has 2 N–H and O–H groups in total. The van der Waals surface area contributed by atoms with E-state index in [0.717, 1.165) is 12.1 Å². The van der Waals surface area contributed by atoms with Crippen LogP contribution < -0.4 is 10.5 Å². The number of hydrogen-bond donors (Lipinski definition) is 1. The fraction of sp³-hybridized carbons (Fsp3) is 0.500. The zero-order valence-electron chi connectivity index (χ0n) is 9.81. The van der Waals surface area contributed by atoms with E-state index in [-0.39, 0.29) is 6.54 Å². The van der Waals surface area contributed by atoms with Crippen LogP contribution >= 0.6 is 0 Å². The van der Waals surface area contributed by atoms with Crippen LogP contribution in [0.3, 0.4) is 0 Å². The number of nitrogens with two attached hydrogens (primary N) is 1. The van der Waals surface area contributed by atoms with Crippen LogP contribution in [0.1, 0.15) is 18.4 Å². The maximum absolute atomic E-state index is 13.0. The Kier molecular flexibility index (Phi) is 3.20. The summed E-state index contributed by atoms with van der Waals surface area (Å²) in [7, 11) is 0. The summed E-state index contributed by atoms with van der Waals surface area (Å²) in [5.74, 6) is -3.23. The predicted molar refractivity (Wildman–Crippen MR) is 58.0 cm³/mol. The molecule has 1 aliphatic carbocycles. The standard InChI is InChI=1S/C12H12F5NO/c13-11(14)5-10(6-11,7-18)8-2-1-3-9(4-8)19-12(15,16)17/h1-4H,5-7,18H2. The zero-order chi connectivity index (χ0) is 14.3. The molecule has 1 aromatic rings. The van der Waals surface area contributed by atoms with Crippen LogP contribution in [0.2, 0.25) is 0 Å². The van der Waals surface area contributed by atoms with Crippen molar-refractivity contribution in [3.8, 4) is 5.75 Å². The summed E-state index contributed by atoms with van der Waals surface area (Å²) in [6, 6.07) is 5.07. The number of ether oxygens (including phenoxy) is 1. The molecule has 0 spiro atoms. The second-order valence-electron chi connectivity index (χ2n) is 4.77. The van der Waals surface area contributed by atoms with E-state index in [1.54, 1.807) is 0 Å². The van der Waals surface area contributed by atoms with Crippen molar-refractivity contribution in [2.75, 3.05) is 6.54 Å². The summed E-state index contributed by atoms with van der Waals surface area (Å²) in [6.07, 6.45) is -5.71. The molecule has 0 saturated heterocycles. The molecule has 0 bridgehead atoms. The molecule has 0 heterocycles. The minimum absolute atomic E-state index is 0.0436. The summed E-state index contributed by atoms with van der Waals surface area (Å²) in [6.45, 7) is -0.0436. The van der Waals surface area contributed by atoms with Gasteiger partial charge in [-0.1, -0.05) is 12.1 Å². The van der Waals surface area contributed by atoms with Gasteiger partial charge in [0.25, 0.3) is 0 Å². The van der Waals surface area contributed by atoms with Gasteiger partial charge in [0, 0.05) is 24.8 Å². The Morgan fingerprint density at radius 3 is 2.32 bits per heavy atom. The highest BCUT2D eigenvalue weighted by atomic mass is 19.4. The molecule has 0 unspecified atom stereocenters. The smallest absolute Gasteiger partial charge is 0.406 e. The van der Waals surface area contributed by atoms with Crippen molar-refractivity contribution < 1.29 is 26.7 Å². The van der Waals surface area contributed by atoms with E-state index in [1.165, 1.54) is 12.1 Å². The lowest BCUT2D eigenvalue weighted by Crippen LogP contribution is -2.53. The third-order valence-electron chi connectivity index (χ3n) is 3.26. The van der Waals surface area contributed by atoms with Gasteiger partial charge < -0.3 is 10.5 Å². The Bertz CT molecular complexity index is 463. The molecule has 0 radical (unpaired) electrons. The molecule has 1 aromatic carbocycles. The third-order valence-corrected chi connectivity index (χ3v) is 3.26. The normalized spacial score (nSPS) is 20.7. The minimum atomic E-state index is -4.81. The van der Waals surface area contributed by atoms with E-state index < -0.39 is 36.3 Å². The van der Waals surface area contributed by atoms with Crippen LogP contribution in [0.25, 0.3) is 0 Å². The van der Waals surface area contributed by atoms with Gasteiger partial charge in [-0.2, -0.15) is 0 Å². The average Bonchev–Trinajstić information content (AvgIpc) is 2.23. The highest BCUT2D eigenvalue weighted by Crippen LogP contribution is 2.53. The van der Waals surface area contributed by atoms with Gasteiger partial charge in [0.05, 0.1) is 0 Å². The highest BCUT2D eigenvalue weighted by molar-refractivity contribution is 5.37. The van der Waals surface area contributed by atoms with Crippen molar-refractivity contribution in [1.82, 2.24) is 0 Å². The summed E-state index contributed by atoms with van der Waals surface area (Å²) in [4.78, 5) is 0. The molecule has 1 fully saturated rings. The number of halogens is 5. The van der Waals surface area contributed by atoms with Gasteiger partial charge >= 0.3 is 6.36 Å². The van der Waals surface area contributed by atoms with Gasteiger partial charge in [0.2, 0.25) is 5.92 Å². The van der Waals surface area contributed by atoms with Gasteiger partial charge in [0.15, 0.2) is 0 Å². The van der Waals surface area contributed by atoms with E-state index in [9.17, 15) is 22.0 Å². The SMILES string of the molecule is NCC1(c2cccc(OC(F)(F)F)c2)CC(F)(F)C1. The zero-order valence-corrected chi connectivity index (χ0v) is 9.81. The molecule has 0 aliphatic heterocycles. The number of alkyl halides is 5. The number of hydrogen-bond acceptors (Lipinski definition) is 2. The maximum atomic E-state index is 13.0. The van der Waals surface area contributed by atoms with E-state index in [4.69, 9.17) is 5.73 Å². The Balaban J connectivity index is 2.24. The third kappa shape index (κ3) is 2.97. The van der Waals surface area contributed by atoms with Crippen LogP contribution in [-0.2, 0) is 5.41 Å². The maximum Gasteiger partial charge on any atom is 0.573 e. The molecule has 0 amide bonds. The molecule has 0 atom stereocenters.